The van der Waals surface area contributed by atoms with Gasteiger partial charge >= 0.3 is 0 Å². The van der Waals surface area contributed by atoms with Crippen molar-refractivity contribution >= 4 is 50.2 Å². The first kappa shape index (κ1) is 17.7. The van der Waals surface area contributed by atoms with E-state index in [0.29, 0.717) is 11.1 Å². The molecule has 0 atom stereocenters. The average Bonchev–Trinajstić information content (AvgIpc) is 2.98. The van der Waals surface area contributed by atoms with Crippen molar-refractivity contribution in [2.45, 2.75) is 51.6 Å². The molecule has 2 aliphatic rings. The number of benzene rings is 1. The first-order chi connectivity index (χ1) is 12.9. The van der Waals surface area contributed by atoms with Gasteiger partial charge in [-0.3, -0.25) is 9.69 Å². The fraction of sp³-hybridized carbons (Fsp3) is 0.444. The van der Waals surface area contributed by atoms with E-state index in [1.54, 1.807) is 0 Å². The van der Waals surface area contributed by atoms with Crippen LogP contribution in [0.4, 0.5) is 10.8 Å². The van der Waals surface area contributed by atoms with Crippen LogP contribution < -0.4 is 21.7 Å². The van der Waals surface area contributed by atoms with Gasteiger partial charge in [0.2, 0.25) is 17.8 Å². The van der Waals surface area contributed by atoms with E-state index in [2.05, 4.69) is 15.3 Å². The third-order valence-corrected chi connectivity index (χ3v) is 6.08. The lowest BCUT2D eigenvalue weighted by Gasteiger charge is -2.46. The lowest BCUT2D eigenvalue weighted by atomic mass is 9.87. The van der Waals surface area contributed by atoms with Crippen molar-refractivity contribution < 1.29 is 4.79 Å². The summed E-state index contributed by atoms with van der Waals surface area (Å²) in [5.41, 5.74) is 14.7. The quantitative estimate of drug-likeness (QED) is 0.733. The second-order valence-corrected chi connectivity index (χ2v) is 8.10. The van der Waals surface area contributed by atoms with Crippen LogP contribution in [0.15, 0.2) is 22.1 Å². The zero-order chi connectivity index (χ0) is 19.2. The average molecular weight is 385 g/mol. The topological polar surface area (TPSA) is 122 Å². The van der Waals surface area contributed by atoms with Crippen molar-refractivity contribution in [2.75, 3.05) is 10.2 Å². The number of hydrogen-bond donors (Lipinski definition) is 3. The molecule has 1 amide bonds. The number of aryl methyl sites for hydroxylation is 1. The summed E-state index contributed by atoms with van der Waals surface area (Å²) >= 11 is 1.44. The van der Waals surface area contributed by atoms with E-state index >= 15 is 0 Å². The Balaban J connectivity index is 1.91. The standard InChI is InChI=1S/C18H23N7OS/c1-10-6-7-12-14(27-17(22-12)21-11(2)26)13(10)25-16(20)23-15(19)24-18(25)8-4-3-5-9-18/h6-7H,3-5,8-9H2,1-2H3,(H,21,22,26)(H4,19,20,23,24). The maximum absolute atomic E-state index is 11.4. The number of hydrogen-bond acceptors (Lipinski definition) is 8. The summed E-state index contributed by atoms with van der Waals surface area (Å²) in [6.45, 7) is 3.51. The number of rotatable bonds is 2. The number of aliphatic imine (C=N–C) groups is 2. The van der Waals surface area contributed by atoms with Crippen molar-refractivity contribution in [1.82, 2.24) is 4.98 Å². The van der Waals surface area contributed by atoms with Crippen LogP contribution in [0.5, 0.6) is 0 Å². The summed E-state index contributed by atoms with van der Waals surface area (Å²) in [6, 6.07) is 3.97. The minimum absolute atomic E-state index is 0.146. The monoisotopic (exact) mass is 385 g/mol. The fourth-order valence-electron chi connectivity index (χ4n) is 4.00. The molecule has 0 unspecified atom stereocenters. The van der Waals surface area contributed by atoms with Crippen LogP contribution in [-0.4, -0.2) is 28.5 Å². The highest BCUT2D eigenvalue weighted by molar-refractivity contribution is 7.23. The molecular weight excluding hydrogens is 362 g/mol. The van der Waals surface area contributed by atoms with Crippen molar-refractivity contribution in [2.24, 2.45) is 21.5 Å². The number of guanidine groups is 2. The first-order valence-electron chi connectivity index (χ1n) is 9.07. The highest BCUT2D eigenvalue weighted by atomic mass is 32.1. The number of amides is 1. The molecule has 5 N–H and O–H groups in total. The van der Waals surface area contributed by atoms with E-state index in [0.717, 1.165) is 47.2 Å². The summed E-state index contributed by atoms with van der Waals surface area (Å²) in [5.74, 6) is 0.445. The van der Waals surface area contributed by atoms with Crippen molar-refractivity contribution in [1.29, 1.82) is 0 Å². The minimum Gasteiger partial charge on any atom is -0.369 e. The van der Waals surface area contributed by atoms with Gasteiger partial charge in [-0.05, 0) is 44.2 Å². The molecule has 2 aromatic rings. The van der Waals surface area contributed by atoms with Crippen molar-refractivity contribution in [3.63, 3.8) is 0 Å². The number of aromatic nitrogens is 1. The molecule has 0 saturated heterocycles. The highest BCUT2D eigenvalue weighted by Crippen LogP contribution is 2.45. The van der Waals surface area contributed by atoms with Gasteiger partial charge in [0, 0.05) is 6.92 Å². The minimum atomic E-state index is -0.509. The van der Waals surface area contributed by atoms with Crippen molar-refractivity contribution in [3.8, 4) is 0 Å². The Morgan fingerprint density at radius 3 is 2.70 bits per heavy atom. The van der Waals surface area contributed by atoms with Gasteiger partial charge in [-0.15, -0.1) is 0 Å². The molecule has 27 heavy (non-hydrogen) atoms. The summed E-state index contributed by atoms with van der Waals surface area (Å²) < 4.78 is 0.956. The van der Waals surface area contributed by atoms with Crippen molar-refractivity contribution in [3.05, 3.63) is 17.7 Å². The van der Waals surface area contributed by atoms with E-state index in [4.69, 9.17) is 16.5 Å². The molecule has 1 aliphatic carbocycles. The molecule has 1 fully saturated rings. The molecule has 8 nitrogen and oxygen atoms in total. The zero-order valence-corrected chi connectivity index (χ0v) is 16.3. The van der Waals surface area contributed by atoms with E-state index in [1.165, 1.54) is 24.7 Å². The van der Waals surface area contributed by atoms with Crippen LogP contribution in [0.1, 0.15) is 44.6 Å². The molecule has 2 heterocycles. The summed E-state index contributed by atoms with van der Waals surface area (Å²) in [7, 11) is 0. The lowest BCUT2D eigenvalue weighted by Crippen LogP contribution is -2.58. The Labute approximate surface area is 161 Å². The second kappa shape index (κ2) is 6.49. The third kappa shape index (κ3) is 3.01. The first-order valence-corrected chi connectivity index (χ1v) is 9.89. The Bertz CT molecular complexity index is 971. The predicted molar refractivity (Wildman–Crippen MR) is 110 cm³/mol. The van der Waals surface area contributed by atoms with Crippen LogP contribution in [0.2, 0.25) is 0 Å². The summed E-state index contributed by atoms with van der Waals surface area (Å²) in [6.07, 6.45) is 5.05. The second-order valence-electron chi connectivity index (χ2n) is 7.10. The smallest absolute Gasteiger partial charge is 0.223 e. The molecular formula is C18H23N7OS. The van der Waals surface area contributed by atoms with Gasteiger partial charge in [-0.25, -0.2) is 9.98 Å². The predicted octanol–water partition coefficient (Wildman–Crippen LogP) is 2.67. The zero-order valence-electron chi connectivity index (χ0n) is 15.5. The molecule has 1 saturated carbocycles. The third-order valence-electron chi connectivity index (χ3n) is 5.09. The highest BCUT2D eigenvalue weighted by Gasteiger charge is 2.43. The number of thiazole rings is 1. The van der Waals surface area contributed by atoms with Gasteiger partial charge in [0.1, 0.15) is 5.66 Å². The SMILES string of the molecule is CC(=O)Nc1nc2ccc(C)c(N3C(N)=NC(N)=NC34CCCCC4)c2s1. The number of carbonyl (C=O) groups excluding carboxylic acids is 1. The Hall–Kier alpha value is -2.68. The molecule has 1 aromatic carbocycles. The van der Waals surface area contributed by atoms with Gasteiger partial charge in [-0.1, -0.05) is 23.8 Å². The van der Waals surface area contributed by atoms with Gasteiger partial charge in [0.05, 0.1) is 15.9 Å². The summed E-state index contributed by atoms with van der Waals surface area (Å²) in [5, 5.41) is 3.34. The maximum atomic E-state index is 11.4. The Morgan fingerprint density at radius 1 is 1.26 bits per heavy atom. The van der Waals surface area contributed by atoms with Crippen LogP contribution in [0.25, 0.3) is 10.2 Å². The number of fused-ring (bicyclic) bond motifs is 1. The van der Waals surface area contributed by atoms with E-state index in [1.807, 2.05) is 24.0 Å². The van der Waals surface area contributed by atoms with Gasteiger partial charge in [0.25, 0.3) is 0 Å². The number of nitrogens with two attached hydrogens (primary N) is 2. The van der Waals surface area contributed by atoms with Crippen LogP contribution in [0, 0.1) is 6.92 Å². The Morgan fingerprint density at radius 2 is 2.00 bits per heavy atom. The molecule has 9 heteroatoms. The maximum Gasteiger partial charge on any atom is 0.223 e. The molecule has 0 bridgehead atoms. The largest absolute Gasteiger partial charge is 0.369 e. The van der Waals surface area contributed by atoms with Crippen LogP contribution in [-0.2, 0) is 4.79 Å². The van der Waals surface area contributed by atoms with Gasteiger partial charge < -0.3 is 16.8 Å². The number of nitrogens with zero attached hydrogens (tertiary/aromatic N) is 4. The van der Waals surface area contributed by atoms with E-state index in [-0.39, 0.29) is 11.9 Å². The lowest BCUT2D eigenvalue weighted by molar-refractivity contribution is -0.114. The van der Waals surface area contributed by atoms with Gasteiger partial charge in [-0.2, -0.15) is 4.99 Å². The number of carbonyl (C=O) groups is 1. The molecule has 142 valence electrons. The molecule has 4 rings (SSSR count). The summed E-state index contributed by atoms with van der Waals surface area (Å²) in [4.78, 5) is 27.0. The van der Waals surface area contributed by atoms with E-state index in [9.17, 15) is 4.79 Å². The number of nitrogens with one attached hydrogen (secondary N) is 1. The van der Waals surface area contributed by atoms with E-state index < -0.39 is 5.66 Å². The normalized spacial score (nSPS) is 19.1. The molecule has 1 aromatic heterocycles. The molecule has 1 aliphatic heterocycles. The fourth-order valence-corrected chi connectivity index (χ4v) is 5.10. The van der Waals surface area contributed by atoms with Gasteiger partial charge in [0.15, 0.2) is 5.13 Å². The molecule has 1 spiro atoms. The van der Waals surface area contributed by atoms with Crippen LogP contribution >= 0.6 is 11.3 Å². The number of anilines is 2. The Kier molecular flexibility index (Phi) is 4.26. The van der Waals surface area contributed by atoms with Crippen LogP contribution in [0.3, 0.4) is 0 Å². The molecule has 0 radical (unpaired) electrons.